The monoisotopic (exact) mass is 222 g/mol. The van der Waals surface area contributed by atoms with Gasteiger partial charge in [0.15, 0.2) is 0 Å². The van der Waals surface area contributed by atoms with Crippen LogP contribution in [0.5, 0.6) is 0 Å². The molecule has 0 aliphatic heterocycles. The summed E-state index contributed by atoms with van der Waals surface area (Å²) in [5, 5.41) is 14.2. The van der Waals surface area contributed by atoms with Gasteiger partial charge in [-0.25, -0.2) is 0 Å². The molecule has 4 nitrogen and oxygen atoms in total. The Bertz CT molecular complexity index is 400. The molecule has 4 heteroatoms. The first-order valence-electron chi connectivity index (χ1n) is 5.39. The number of benzene rings is 1. The Morgan fingerprint density at radius 3 is 2.56 bits per heavy atom. The van der Waals surface area contributed by atoms with Crippen LogP contribution in [0.1, 0.15) is 32.8 Å². The van der Waals surface area contributed by atoms with Crippen LogP contribution in [0.25, 0.3) is 0 Å². The number of para-hydroxylation sites is 1. The average Bonchev–Trinajstić information content (AvgIpc) is 2.20. The number of nitro groups is 1. The summed E-state index contributed by atoms with van der Waals surface area (Å²) in [4.78, 5) is 10.6. The highest BCUT2D eigenvalue weighted by atomic mass is 16.6. The Morgan fingerprint density at radius 2 is 2.06 bits per heavy atom. The first kappa shape index (κ1) is 12.5. The number of hydrogen-bond donors (Lipinski definition) is 1. The topological polar surface area (TPSA) is 55.2 Å². The number of rotatable bonds is 4. The zero-order chi connectivity index (χ0) is 12.3. The molecule has 1 aromatic rings. The molecule has 1 aromatic carbocycles. The molecule has 0 aliphatic carbocycles. The van der Waals surface area contributed by atoms with Gasteiger partial charge >= 0.3 is 0 Å². The van der Waals surface area contributed by atoms with Crippen LogP contribution in [0.3, 0.4) is 0 Å². The van der Waals surface area contributed by atoms with Gasteiger partial charge in [-0.05, 0) is 32.8 Å². The van der Waals surface area contributed by atoms with Gasteiger partial charge in [0, 0.05) is 11.6 Å². The highest BCUT2D eigenvalue weighted by Crippen LogP contribution is 2.30. The first-order valence-corrected chi connectivity index (χ1v) is 5.39. The van der Waals surface area contributed by atoms with Crippen molar-refractivity contribution in [3.05, 3.63) is 33.9 Å². The third-order valence-corrected chi connectivity index (χ3v) is 2.79. The van der Waals surface area contributed by atoms with E-state index >= 15 is 0 Å². The van der Waals surface area contributed by atoms with E-state index in [4.69, 9.17) is 0 Å². The van der Waals surface area contributed by atoms with Gasteiger partial charge in [0.25, 0.3) is 5.69 Å². The highest BCUT2D eigenvalue weighted by Gasteiger charge is 2.22. The van der Waals surface area contributed by atoms with E-state index in [0.717, 1.165) is 12.0 Å². The minimum absolute atomic E-state index is 0.140. The molecule has 0 aliphatic rings. The predicted octanol–water partition coefficient (Wildman–Crippen LogP) is 3.50. The number of hydrogen-bond acceptors (Lipinski definition) is 3. The zero-order valence-corrected chi connectivity index (χ0v) is 10.2. The van der Waals surface area contributed by atoms with E-state index in [0.29, 0.717) is 5.69 Å². The summed E-state index contributed by atoms with van der Waals surface area (Å²) in [6, 6.07) is 5.11. The maximum Gasteiger partial charge on any atom is 0.292 e. The number of nitro benzene ring substituents is 1. The van der Waals surface area contributed by atoms with Crippen molar-refractivity contribution in [3.8, 4) is 0 Å². The Morgan fingerprint density at radius 1 is 1.44 bits per heavy atom. The summed E-state index contributed by atoms with van der Waals surface area (Å²) in [7, 11) is 0. The average molecular weight is 222 g/mol. The standard InChI is InChI=1S/C12H18N2O2/c1-5-12(3,4)13-11-9(2)7-6-8-10(11)14(15)16/h6-8,13H,5H2,1-4H3. The molecule has 0 saturated heterocycles. The molecule has 88 valence electrons. The molecule has 1 rings (SSSR count). The van der Waals surface area contributed by atoms with E-state index in [2.05, 4.69) is 12.2 Å². The number of nitrogens with zero attached hydrogens (tertiary/aromatic N) is 1. The largest absolute Gasteiger partial charge is 0.374 e. The first-order chi connectivity index (χ1) is 7.37. The molecule has 16 heavy (non-hydrogen) atoms. The highest BCUT2D eigenvalue weighted by molar-refractivity contribution is 5.66. The quantitative estimate of drug-likeness (QED) is 0.626. The van der Waals surface area contributed by atoms with E-state index in [1.54, 1.807) is 6.07 Å². The van der Waals surface area contributed by atoms with Crippen LogP contribution in [0.2, 0.25) is 0 Å². The summed E-state index contributed by atoms with van der Waals surface area (Å²) in [5.41, 5.74) is 1.52. The molecule has 0 radical (unpaired) electrons. The molecule has 0 fully saturated rings. The van der Waals surface area contributed by atoms with Gasteiger partial charge in [-0.1, -0.05) is 19.1 Å². The van der Waals surface area contributed by atoms with Gasteiger partial charge in [0.2, 0.25) is 0 Å². The second-order valence-electron chi connectivity index (χ2n) is 4.59. The summed E-state index contributed by atoms with van der Waals surface area (Å²) < 4.78 is 0. The minimum Gasteiger partial charge on any atom is -0.374 e. The minimum atomic E-state index is -0.346. The number of anilines is 1. The zero-order valence-electron chi connectivity index (χ0n) is 10.2. The van der Waals surface area contributed by atoms with Crippen LogP contribution in [0.15, 0.2) is 18.2 Å². The van der Waals surface area contributed by atoms with Gasteiger partial charge in [-0.15, -0.1) is 0 Å². The van der Waals surface area contributed by atoms with Crippen molar-refractivity contribution < 1.29 is 4.92 Å². The molecule has 0 amide bonds. The van der Waals surface area contributed by atoms with Gasteiger partial charge < -0.3 is 5.32 Å². The van der Waals surface area contributed by atoms with Crippen molar-refractivity contribution in [2.24, 2.45) is 0 Å². The van der Waals surface area contributed by atoms with Crippen molar-refractivity contribution in [2.45, 2.75) is 39.7 Å². The van der Waals surface area contributed by atoms with Gasteiger partial charge in [0.1, 0.15) is 5.69 Å². The Kier molecular flexibility index (Phi) is 3.52. The smallest absolute Gasteiger partial charge is 0.292 e. The third-order valence-electron chi connectivity index (χ3n) is 2.79. The summed E-state index contributed by atoms with van der Waals surface area (Å²) in [5.74, 6) is 0. The molecule has 0 bridgehead atoms. The van der Waals surface area contributed by atoms with E-state index in [1.807, 2.05) is 26.8 Å². The summed E-state index contributed by atoms with van der Waals surface area (Å²) in [6.07, 6.45) is 0.901. The normalized spacial score (nSPS) is 11.2. The Hall–Kier alpha value is -1.58. The van der Waals surface area contributed by atoms with Crippen LogP contribution in [-0.4, -0.2) is 10.5 Å². The van der Waals surface area contributed by atoms with Crippen molar-refractivity contribution >= 4 is 11.4 Å². The lowest BCUT2D eigenvalue weighted by Crippen LogP contribution is -2.30. The van der Waals surface area contributed by atoms with Crippen molar-refractivity contribution in [3.63, 3.8) is 0 Å². The SMILES string of the molecule is CCC(C)(C)Nc1c(C)cccc1[N+](=O)[O-]. The lowest BCUT2D eigenvalue weighted by atomic mass is 10.0. The molecule has 0 atom stereocenters. The lowest BCUT2D eigenvalue weighted by Gasteiger charge is -2.26. The Balaban J connectivity index is 3.16. The molecule has 0 unspecified atom stereocenters. The van der Waals surface area contributed by atoms with Gasteiger partial charge in [-0.3, -0.25) is 10.1 Å². The van der Waals surface area contributed by atoms with Crippen molar-refractivity contribution in [1.82, 2.24) is 0 Å². The van der Waals surface area contributed by atoms with E-state index in [-0.39, 0.29) is 16.1 Å². The lowest BCUT2D eigenvalue weighted by molar-refractivity contribution is -0.384. The number of aryl methyl sites for hydroxylation is 1. The third kappa shape index (κ3) is 2.72. The van der Waals surface area contributed by atoms with Gasteiger partial charge in [-0.2, -0.15) is 0 Å². The molecular formula is C12H18N2O2. The molecule has 0 aromatic heterocycles. The fourth-order valence-corrected chi connectivity index (χ4v) is 1.39. The second kappa shape index (κ2) is 4.51. The van der Waals surface area contributed by atoms with Crippen LogP contribution < -0.4 is 5.32 Å². The van der Waals surface area contributed by atoms with Crippen molar-refractivity contribution in [1.29, 1.82) is 0 Å². The van der Waals surface area contributed by atoms with E-state index in [1.165, 1.54) is 6.07 Å². The fraction of sp³-hybridized carbons (Fsp3) is 0.500. The number of nitrogens with one attached hydrogen (secondary N) is 1. The second-order valence-corrected chi connectivity index (χ2v) is 4.59. The molecule has 0 heterocycles. The molecule has 0 saturated carbocycles. The van der Waals surface area contributed by atoms with E-state index in [9.17, 15) is 10.1 Å². The van der Waals surface area contributed by atoms with Crippen molar-refractivity contribution in [2.75, 3.05) is 5.32 Å². The van der Waals surface area contributed by atoms with Crippen LogP contribution >= 0.6 is 0 Å². The summed E-state index contributed by atoms with van der Waals surface area (Å²) >= 11 is 0. The van der Waals surface area contributed by atoms with Crippen LogP contribution in [-0.2, 0) is 0 Å². The van der Waals surface area contributed by atoms with E-state index < -0.39 is 0 Å². The summed E-state index contributed by atoms with van der Waals surface area (Å²) in [6.45, 7) is 7.99. The maximum absolute atomic E-state index is 10.9. The molecule has 1 N–H and O–H groups in total. The van der Waals surface area contributed by atoms with Crippen LogP contribution in [0, 0.1) is 17.0 Å². The molecule has 0 spiro atoms. The Labute approximate surface area is 95.8 Å². The maximum atomic E-state index is 10.9. The van der Waals surface area contributed by atoms with Gasteiger partial charge in [0.05, 0.1) is 4.92 Å². The predicted molar refractivity (Wildman–Crippen MR) is 65.8 cm³/mol. The fourth-order valence-electron chi connectivity index (χ4n) is 1.39. The van der Waals surface area contributed by atoms with Crippen LogP contribution in [0.4, 0.5) is 11.4 Å². The molecular weight excluding hydrogens is 204 g/mol.